The van der Waals surface area contributed by atoms with Crippen LogP contribution >= 0.6 is 0 Å². The molecule has 1 unspecified atom stereocenters. The molecule has 0 aromatic rings. The van der Waals surface area contributed by atoms with E-state index in [4.69, 9.17) is 5.90 Å². The Labute approximate surface area is 72.6 Å². The van der Waals surface area contributed by atoms with Crippen molar-refractivity contribution in [3.63, 3.8) is 0 Å². The summed E-state index contributed by atoms with van der Waals surface area (Å²) in [6, 6.07) is 0. The van der Waals surface area contributed by atoms with Gasteiger partial charge in [-0.1, -0.05) is 0 Å². The lowest BCUT2D eigenvalue weighted by Gasteiger charge is -2.28. The van der Waals surface area contributed by atoms with Crippen LogP contribution in [0, 0.1) is 0 Å². The van der Waals surface area contributed by atoms with E-state index in [1.165, 1.54) is 6.42 Å². The van der Waals surface area contributed by atoms with Gasteiger partial charge in [-0.05, 0) is 26.2 Å². The van der Waals surface area contributed by atoms with Gasteiger partial charge in [-0.3, -0.25) is 9.63 Å². The maximum atomic E-state index is 11.5. The van der Waals surface area contributed by atoms with Crippen LogP contribution in [0.3, 0.4) is 0 Å². The molecule has 0 bridgehead atoms. The largest absolute Gasteiger partial charge is 0.340 e. The molecule has 0 aromatic heterocycles. The first-order valence-corrected chi connectivity index (χ1v) is 4.40. The average Bonchev–Trinajstić information content (AvgIpc) is 2.17. The van der Waals surface area contributed by atoms with E-state index in [-0.39, 0.29) is 5.91 Å². The molecule has 0 aliphatic carbocycles. The van der Waals surface area contributed by atoms with Crippen LogP contribution in [0.2, 0.25) is 0 Å². The van der Waals surface area contributed by atoms with E-state index in [2.05, 4.69) is 4.84 Å². The van der Waals surface area contributed by atoms with Crippen molar-refractivity contribution >= 4 is 5.91 Å². The summed E-state index contributed by atoms with van der Waals surface area (Å²) >= 11 is 0. The van der Waals surface area contributed by atoms with Crippen LogP contribution in [0.4, 0.5) is 0 Å². The Morgan fingerprint density at radius 1 is 1.42 bits per heavy atom. The lowest BCUT2D eigenvalue weighted by molar-refractivity contribution is -0.143. The third-order valence-electron chi connectivity index (χ3n) is 2.22. The lowest BCUT2D eigenvalue weighted by Crippen LogP contribution is -2.42. The highest BCUT2D eigenvalue weighted by atomic mass is 16.6. The van der Waals surface area contributed by atoms with Crippen LogP contribution < -0.4 is 5.90 Å². The Morgan fingerprint density at radius 2 is 2.00 bits per heavy atom. The number of carbonyl (C=O) groups is 1. The molecule has 0 saturated carbocycles. The van der Waals surface area contributed by atoms with Crippen molar-refractivity contribution in [1.82, 2.24) is 4.90 Å². The van der Waals surface area contributed by atoms with Crippen LogP contribution in [0.25, 0.3) is 0 Å². The minimum absolute atomic E-state index is 0.0113. The van der Waals surface area contributed by atoms with Crippen LogP contribution in [-0.4, -0.2) is 30.0 Å². The summed E-state index contributed by atoms with van der Waals surface area (Å²) in [5.74, 6) is 4.94. The van der Waals surface area contributed by atoms with Gasteiger partial charge in [-0.15, -0.1) is 0 Å². The molecule has 1 aliphatic heterocycles. The highest BCUT2D eigenvalue weighted by molar-refractivity contribution is 5.80. The Hall–Kier alpha value is -0.610. The predicted octanol–water partition coefficient (Wildman–Crippen LogP) is 0.278. The molecule has 2 N–H and O–H groups in total. The first kappa shape index (κ1) is 9.48. The normalized spacial score (nSPS) is 20.7. The second-order valence-electron chi connectivity index (χ2n) is 3.16. The van der Waals surface area contributed by atoms with Crippen molar-refractivity contribution in [2.45, 2.75) is 32.3 Å². The molecular formula is C8H16N2O2. The number of amides is 1. The summed E-state index contributed by atoms with van der Waals surface area (Å²) in [5.41, 5.74) is 0. The predicted molar refractivity (Wildman–Crippen MR) is 45.2 cm³/mol. The minimum Gasteiger partial charge on any atom is -0.340 e. The fraction of sp³-hybridized carbons (Fsp3) is 0.875. The van der Waals surface area contributed by atoms with Gasteiger partial charge in [-0.2, -0.15) is 0 Å². The van der Waals surface area contributed by atoms with Crippen LogP contribution in [0.5, 0.6) is 0 Å². The quantitative estimate of drug-likeness (QED) is 0.608. The van der Waals surface area contributed by atoms with Gasteiger partial charge in [0.2, 0.25) is 0 Å². The van der Waals surface area contributed by atoms with E-state index in [9.17, 15) is 4.79 Å². The molecule has 1 aliphatic rings. The molecule has 0 spiro atoms. The van der Waals surface area contributed by atoms with Crippen molar-refractivity contribution in [3.05, 3.63) is 0 Å². The van der Waals surface area contributed by atoms with Gasteiger partial charge in [0.25, 0.3) is 5.91 Å². The Bertz CT molecular complexity index is 155. The van der Waals surface area contributed by atoms with Gasteiger partial charge < -0.3 is 4.90 Å². The van der Waals surface area contributed by atoms with Crippen molar-refractivity contribution in [2.75, 3.05) is 13.1 Å². The Balaban J connectivity index is 2.39. The second kappa shape index (κ2) is 4.42. The number of hydrogen-bond acceptors (Lipinski definition) is 3. The standard InChI is InChI=1S/C8H16N2O2/c1-7(12-9)8(11)10-5-3-2-4-6-10/h7H,2-6,9H2,1H3. The summed E-state index contributed by atoms with van der Waals surface area (Å²) in [6.45, 7) is 3.38. The van der Waals surface area contributed by atoms with Gasteiger partial charge in [0.05, 0.1) is 0 Å². The monoisotopic (exact) mass is 172 g/mol. The van der Waals surface area contributed by atoms with E-state index in [1.807, 2.05) is 4.90 Å². The van der Waals surface area contributed by atoms with Crippen molar-refractivity contribution < 1.29 is 9.63 Å². The third kappa shape index (κ3) is 2.19. The minimum atomic E-state index is -0.497. The van der Waals surface area contributed by atoms with E-state index in [0.717, 1.165) is 25.9 Å². The fourth-order valence-corrected chi connectivity index (χ4v) is 1.43. The zero-order valence-corrected chi connectivity index (χ0v) is 7.45. The first-order valence-electron chi connectivity index (χ1n) is 4.40. The highest BCUT2D eigenvalue weighted by Crippen LogP contribution is 2.10. The van der Waals surface area contributed by atoms with Gasteiger partial charge >= 0.3 is 0 Å². The summed E-state index contributed by atoms with van der Waals surface area (Å²) in [5, 5.41) is 0. The summed E-state index contributed by atoms with van der Waals surface area (Å²) in [6.07, 6.45) is 2.93. The number of carbonyl (C=O) groups excluding carboxylic acids is 1. The highest BCUT2D eigenvalue weighted by Gasteiger charge is 2.21. The maximum Gasteiger partial charge on any atom is 0.253 e. The second-order valence-corrected chi connectivity index (χ2v) is 3.16. The molecule has 70 valence electrons. The summed E-state index contributed by atoms with van der Waals surface area (Å²) < 4.78 is 0. The summed E-state index contributed by atoms with van der Waals surface area (Å²) in [7, 11) is 0. The smallest absolute Gasteiger partial charge is 0.253 e. The van der Waals surface area contributed by atoms with Crippen LogP contribution in [0.1, 0.15) is 26.2 Å². The molecule has 1 rings (SSSR count). The average molecular weight is 172 g/mol. The topological polar surface area (TPSA) is 55.6 Å². The van der Waals surface area contributed by atoms with E-state index in [0.29, 0.717) is 0 Å². The first-order chi connectivity index (χ1) is 5.75. The fourth-order valence-electron chi connectivity index (χ4n) is 1.43. The number of nitrogens with zero attached hydrogens (tertiary/aromatic N) is 1. The molecular weight excluding hydrogens is 156 g/mol. The summed E-state index contributed by atoms with van der Waals surface area (Å²) in [4.78, 5) is 17.7. The molecule has 12 heavy (non-hydrogen) atoms. The number of rotatable bonds is 2. The van der Waals surface area contributed by atoms with Gasteiger partial charge in [-0.25, -0.2) is 5.90 Å². The maximum absolute atomic E-state index is 11.5. The molecule has 4 heteroatoms. The van der Waals surface area contributed by atoms with Crippen LogP contribution in [-0.2, 0) is 9.63 Å². The number of hydrogen-bond donors (Lipinski definition) is 1. The van der Waals surface area contributed by atoms with Crippen molar-refractivity contribution in [2.24, 2.45) is 5.90 Å². The molecule has 1 heterocycles. The molecule has 0 aromatic carbocycles. The number of nitrogens with two attached hydrogens (primary N) is 1. The molecule has 1 saturated heterocycles. The van der Waals surface area contributed by atoms with E-state index in [1.54, 1.807) is 6.92 Å². The molecule has 4 nitrogen and oxygen atoms in total. The van der Waals surface area contributed by atoms with Crippen LogP contribution in [0.15, 0.2) is 0 Å². The molecule has 1 atom stereocenters. The van der Waals surface area contributed by atoms with E-state index >= 15 is 0 Å². The van der Waals surface area contributed by atoms with Crippen molar-refractivity contribution in [3.8, 4) is 0 Å². The SMILES string of the molecule is CC(ON)C(=O)N1CCCCC1. The zero-order chi connectivity index (χ0) is 8.97. The molecule has 0 radical (unpaired) electrons. The van der Waals surface area contributed by atoms with Gasteiger partial charge in [0.15, 0.2) is 6.10 Å². The zero-order valence-electron chi connectivity index (χ0n) is 7.45. The number of likely N-dealkylation sites (tertiary alicyclic amines) is 1. The molecule has 1 fully saturated rings. The van der Waals surface area contributed by atoms with Gasteiger partial charge in [0, 0.05) is 13.1 Å². The van der Waals surface area contributed by atoms with Crippen molar-refractivity contribution in [1.29, 1.82) is 0 Å². The third-order valence-corrected chi connectivity index (χ3v) is 2.22. The lowest BCUT2D eigenvalue weighted by atomic mass is 10.1. The molecule has 1 amide bonds. The Morgan fingerprint density at radius 3 is 2.50 bits per heavy atom. The van der Waals surface area contributed by atoms with Gasteiger partial charge in [0.1, 0.15) is 0 Å². The Kier molecular flexibility index (Phi) is 3.49. The number of piperidine rings is 1. The van der Waals surface area contributed by atoms with E-state index < -0.39 is 6.10 Å².